The predicted molar refractivity (Wildman–Crippen MR) is 135 cm³/mol. The van der Waals surface area contributed by atoms with E-state index in [9.17, 15) is 19.1 Å². The molecule has 0 aliphatic carbocycles. The number of fused-ring (bicyclic) bond motifs is 1. The summed E-state index contributed by atoms with van der Waals surface area (Å²) in [4.78, 5) is 30.1. The molecule has 9 nitrogen and oxygen atoms in total. The molecule has 0 spiro atoms. The zero-order valence-corrected chi connectivity index (χ0v) is 20.6. The van der Waals surface area contributed by atoms with Crippen LogP contribution in [0.1, 0.15) is 34.0 Å². The molecule has 0 radical (unpaired) electrons. The first-order valence-electron chi connectivity index (χ1n) is 12.5. The molecule has 1 aromatic heterocycles. The fourth-order valence-electron chi connectivity index (χ4n) is 4.88. The molecule has 1 fully saturated rings. The molecule has 3 aromatic rings. The number of aromatic nitrogens is 1. The molecule has 10 heteroatoms. The summed E-state index contributed by atoms with van der Waals surface area (Å²) in [7, 11) is 0. The normalized spacial score (nSPS) is 18.2. The molecule has 38 heavy (non-hydrogen) atoms. The Morgan fingerprint density at radius 3 is 2.82 bits per heavy atom. The number of likely N-dealkylation sites (tertiary alicyclic amines) is 1. The number of ether oxygens (including phenoxy) is 3. The summed E-state index contributed by atoms with van der Waals surface area (Å²) in [6, 6.07) is 15.3. The van der Waals surface area contributed by atoms with Crippen molar-refractivity contribution in [1.82, 2.24) is 15.2 Å². The maximum absolute atomic E-state index is 14.7. The van der Waals surface area contributed by atoms with Gasteiger partial charge in [-0.1, -0.05) is 12.1 Å². The van der Waals surface area contributed by atoms with E-state index in [2.05, 4.69) is 10.3 Å². The first-order chi connectivity index (χ1) is 18.5. The Morgan fingerprint density at radius 1 is 1.13 bits per heavy atom. The molecule has 2 aliphatic rings. The quantitative estimate of drug-likeness (QED) is 0.460. The third kappa shape index (κ3) is 5.80. The Morgan fingerprint density at radius 2 is 2.00 bits per heavy atom. The number of benzene rings is 2. The minimum absolute atomic E-state index is 0.0420. The minimum Gasteiger partial charge on any atom is -0.493 e. The summed E-state index contributed by atoms with van der Waals surface area (Å²) in [6.45, 7) is 1.30. The van der Waals surface area contributed by atoms with Gasteiger partial charge in [0, 0.05) is 49.9 Å². The van der Waals surface area contributed by atoms with Crippen LogP contribution in [0.4, 0.5) is 9.18 Å². The zero-order valence-electron chi connectivity index (χ0n) is 20.6. The molecule has 2 aliphatic heterocycles. The van der Waals surface area contributed by atoms with Crippen molar-refractivity contribution >= 4 is 12.0 Å². The summed E-state index contributed by atoms with van der Waals surface area (Å²) < 4.78 is 31.4. The van der Waals surface area contributed by atoms with Crippen LogP contribution in [0, 0.1) is 11.7 Å². The summed E-state index contributed by atoms with van der Waals surface area (Å²) in [5.74, 6) is 0.356. The van der Waals surface area contributed by atoms with Crippen molar-refractivity contribution in [3.8, 4) is 17.2 Å². The van der Waals surface area contributed by atoms with E-state index in [-0.39, 0.29) is 37.3 Å². The number of nitrogens with one attached hydrogen (secondary N) is 1. The van der Waals surface area contributed by atoms with Gasteiger partial charge in [-0.3, -0.25) is 9.78 Å². The van der Waals surface area contributed by atoms with Crippen LogP contribution in [-0.4, -0.2) is 60.0 Å². The lowest BCUT2D eigenvalue weighted by Gasteiger charge is -2.37. The fourth-order valence-corrected chi connectivity index (χ4v) is 4.88. The number of carbonyl (C=O) groups excluding carboxylic acids is 1. The van der Waals surface area contributed by atoms with Crippen molar-refractivity contribution in [3.05, 3.63) is 83.4 Å². The van der Waals surface area contributed by atoms with Crippen LogP contribution in [0.5, 0.6) is 17.2 Å². The predicted octanol–water partition coefficient (Wildman–Crippen LogP) is 4.08. The van der Waals surface area contributed by atoms with Crippen LogP contribution in [-0.2, 0) is 6.42 Å². The van der Waals surface area contributed by atoms with Crippen LogP contribution in [0.3, 0.4) is 0 Å². The maximum Gasteiger partial charge on any atom is 0.407 e. The Hall–Kier alpha value is -4.34. The van der Waals surface area contributed by atoms with Gasteiger partial charge in [-0.05, 0) is 54.3 Å². The molecule has 198 valence electrons. The molecule has 2 atom stereocenters. The Balaban J connectivity index is 1.29. The van der Waals surface area contributed by atoms with Crippen LogP contribution in [0.2, 0.25) is 0 Å². The van der Waals surface area contributed by atoms with E-state index in [0.717, 1.165) is 11.3 Å². The fraction of sp³-hybridized carbons (Fsp3) is 0.321. The van der Waals surface area contributed by atoms with E-state index >= 15 is 0 Å². The van der Waals surface area contributed by atoms with Crippen molar-refractivity contribution < 1.29 is 33.3 Å². The third-order valence-corrected chi connectivity index (χ3v) is 6.87. The van der Waals surface area contributed by atoms with Gasteiger partial charge in [-0.25, -0.2) is 9.18 Å². The van der Waals surface area contributed by atoms with Crippen LogP contribution >= 0.6 is 0 Å². The molecule has 5 rings (SSSR count). The number of amides is 2. The molecule has 0 bridgehead atoms. The molecule has 3 heterocycles. The standard InChI is InChI=1S/C28H28FN3O6/c29-24-6-4-18(13-23(24)27(33)31-11-8-20-3-1-2-10-30-20)22-9-12-32(28(34)35)15-19(22)16-36-21-5-7-25-26(14-21)38-17-37-25/h1-7,10,13-14,19,22H,8-9,11-12,15-17H2,(H,31,33)(H,34,35)/t19-,22-/m0/s1. The Bertz CT molecular complexity index is 1310. The average molecular weight is 522 g/mol. The lowest BCUT2D eigenvalue weighted by Crippen LogP contribution is -2.44. The molecule has 0 unspecified atom stereocenters. The zero-order chi connectivity index (χ0) is 26.5. The average Bonchev–Trinajstić information content (AvgIpc) is 3.40. The van der Waals surface area contributed by atoms with E-state index in [1.807, 2.05) is 18.2 Å². The van der Waals surface area contributed by atoms with Crippen molar-refractivity contribution in [2.75, 3.05) is 33.0 Å². The number of halogens is 1. The smallest absolute Gasteiger partial charge is 0.407 e. The van der Waals surface area contributed by atoms with Gasteiger partial charge in [-0.2, -0.15) is 0 Å². The topological polar surface area (TPSA) is 110 Å². The molecule has 2 N–H and O–H groups in total. The molecule has 1 saturated heterocycles. The van der Waals surface area contributed by atoms with Crippen molar-refractivity contribution in [2.24, 2.45) is 5.92 Å². The summed E-state index contributed by atoms with van der Waals surface area (Å²) in [5, 5.41) is 12.3. The van der Waals surface area contributed by atoms with E-state index in [4.69, 9.17) is 14.2 Å². The summed E-state index contributed by atoms with van der Waals surface area (Å²) >= 11 is 0. The number of pyridine rings is 1. The number of carboxylic acid groups (broad SMARTS) is 1. The van der Waals surface area contributed by atoms with Crippen LogP contribution in [0.15, 0.2) is 60.8 Å². The van der Waals surface area contributed by atoms with E-state index in [1.165, 1.54) is 11.0 Å². The SMILES string of the molecule is O=C(NCCc1ccccn1)c1cc([C@@H]2CCN(C(=O)O)C[C@H]2COc2ccc3c(c2)OCO3)ccc1F. The summed E-state index contributed by atoms with van der Waals surface area (Å²) in [5.41, 5.74) is 1.56. The monoisotopic (exact) mass is 521 g/mol. The highest BCUT2D eigenvalue weighted by atomic mass is 19.1. The highest BCUT2D eigenvalue weighted by Crippen LogP contribution is 2.37. The van der Waals surface area contributed by atoms with E-state index < -0.39 is 17.8 Å². The molecular formula is C28H28FN3O6. The number of rotatable bonds is 8. The second kappa shape index (κ2) is 11.4. The third-order valence-electron chi connectivity index (χ3n) is 6.87. The maximum atomic E-state index is 14.7. The lowest BCUT2D eigenvalue weighted by atomic mass is 9.80. The second-order valence-electron chi connectivity index (χ2n) is 9.28. The highest BCUT2D eigenvalue weighted by molar-refractivity contribution is 5.94. The first kappa shape index (κ1) is 25.3. The number of hydrogen-bond acceptors (Lipinski definition) is 6. The van der Waals surface area contributed by atoms with Gasteiger partial charge in [0.05, 0.1) is 12.2 Å². The largest absolute Gasteiger partial charge is 0.493 e. The van der Waals surface area contributed by atoms with Crippen LogP contribution in [0.25, 0.3) is 0 Å². The van der Waals surface area contributed by atoms with Gasteiger partial charge < -0.3 is 29.5 Å². The Labute approximate surface area is 219 Å². The van der Waals surface area contributed by atoms with Gasteiger partial charge in [0.15, 0.2) is 11.5 Å². The van der Waals surface area contributed by atoms with Gasteiger partial charge in [0.25, 0.3) is 5.91 Å². The van der Waals surface area contributed by atoms with Gasteiger partial charge in [-0.15, -0.1) is 0 Å². The number of hydrogen-bond donors (Lipinski definition) is 2. The highest BCUT2D eigenvalue weighted by Gasteiger charge is 2.34. The van der Waals surface area contributed by atoms with E-state index in [0.29, 0.717) is 43.2 Å². The molecular weight excluding hydrogens is 493 g/mol. The number of piperidine rings is 1. The van der Waals surface area contributed by atoms with Gasteiger partial charge in [0.1, 0.15) is 11.6 Å². The van der Waals surface area contributed by atoms with Crippen LogP contribution < -0.4 is 19.5 Å². The van der Waals surface area contributed by atoms with Crippen molar-refractivity contribution in [1.29, 1.82) is 0 Å². The molecule has 2 aromatic carbocycles. The molecule has 0 saturated carbocycles. The second-order valence-corrected chi connectivity index (χ2v) is 9.28. The molecule has 2 amide bonds. The van der Waals surface area contributed by atoms with Crippen molar-refractivity contribution in [3.63, 3.8) is 0 Å². The minimum atomic E-state index is -0.997. The first-order valence-corrected chi connectivity index (χ1v) is 12.5. The number of nitrogens with zero attached hydrogens (tertiary/aromatic N) is 2. The van der Waals surface area contributed by atoms with Gasteiger partial charge in [0.2, 0.25) is 6.79 Å². The van der Waals surface area contributed by atoms with Crippen molar-refractivity contribution in [2.45, 2.75) is 18.8 Å². The number of carbonyl (C=O) groups is 2. The lowest BCUT2D eigenvalue weighted by molar-refractivity contribution is 0.0937. The summed E-state index contributed by atoms with van der Waals surface area (Å²) in [6.07, 6.45) is 1.74. The Kier molecular flexibility index (Phi) is 7.57. The van der Waals surface area contributed by atoms with Gasteiger partial charge >= 0.3 is 6.09 Å². The van der Waals surface area contributed by atoms with E-state index in [1.54, 1.807) is 36.5 Å².